The number of hydrogen-bond acceptors (Lipinski definition) is 1. The van der Waals surface area contributed by atoms with Crippen molar-refractivity contribution >= 4 is 0 Å². The van der Waals surface area contributed by atoms with E-state index in [-0.39, 0.29) is 16.4 Å². The fraction of sp³-hybridized carbons (Fsp3) is 1.00. The van der Waals surface area contributed by atoms with Gasteiger partial charge < -0.3 is 21.7 Å². The van der Waals surface area contributed by atoms with Gasteiger partial charge in [-0.15, -0.1) is 0 Å². The van der Waals surface area contributed by atoms with Crippen molar-refractivity contribution in [3.05, 3.63) is 0 Å². The summed E-state index contributed by atoms with van der Waals surface area (Å²) in [5.41, 5.74) is 0. The molecule has 0 aromatic heterocycles. The van der Waals surface area contributed by atoms with E-state index in [1.807, 2.05) is 27.7 Å². The van der Waals surface area contributed by atoms with Gasteiger partial charge >= 0.3 is 0 Å². The molecule has 3 aliphatic rings. The highest BCUT2D eigenvalue weighted by molar-refractivity contribution is 4.55. The second-order valence-corrected chi connectivity index (χ2v) is 6.76. The van der Waals surface area contributed by atoms with Crippen molar-refractivity contribution in [2.24, 2.45) is 0 Å². The summed E-state index contributed by atoms with van der Waals surface area (Å²) in [4.78, 5) is 0. The quantitative estimate of drug-likeness (QED) is 0.549. The summed E-state index contributed by atoms with van der Waals surface area (Å²) < 4.78 is 0. The van der Waals surface area contributed by atoms with Gasteiger partial charge in [-0.1, -0.05) is 124 Å². The van der Waals surface area contributed by atoms with Crippen molar-refractivity contribution < 1.29 is 16.4 Å². The van der Waals surface area contributed by atoms with E-state index in [9.17, 15) is 0 Å². The van der Waals surface area contributed by atoms with Crippen LogP contribution in [-0.2, 0) is 0 Å². The number of nitrogens with one attached hydrogen (secondary N) is 1. The molecular formula is C23H57NO3. The summed E-state index contributed by atoms with van der Waals surface area (Å²) in [6.45, 7) is 10.5. The molecule has 0 atom stereocenters. The highest BCUT2D eigenvalue weighted by atomic mass is 16.0. The van der Waals surface area contributed by atoms with Crippen LogP contribution < -0.4 is 5.32 Å². The number of hydrogen-bond donors (Lipinski definition) is 1. The first-order valence-corrected chi connectivity index (χ1v) is 11.7. The largest absolute Gasteiger partial charge is 0.412 e. The van der Waals surface area contributed by atoms with E-state index in [0.29, 0.717) is 0 Å². The molecule has 27 heavy (non-hydrogen) atoms. The second kappa shape index (κ2) is 40.5. The fourth-order valence-corrected chi connectivity index (χ4v) is 3.28. The number of rotatable bonds is 0. The third-order valence-corrected chi connectivity index (χ3v) is 4.71. The summed E-state index contributed by atoms with van der Waals surface area (Å²) in [5, 5.41) is 3.28. The Hall–Kier alpha value is -0.160. The molecule has 172 valence electrons. The highest BCUT2D eigenvalue weighted by Crippen LogP contribution is 2.16. The fourth-order valence-electron chi connectivity index (χ4n) is 3.28. The molecule has 3 rings (SSSR count). The molecule has 4 nitrogen and oxygen atoms in total. The van der Waals surface area contributed by atoms with Crippen LogP contribution in [0, 0.1) is 0 Å². The lowest BCUT2D eigenvalue weighted by molar-refractivity contribution is 0.504. The van der Waals surface area contributed by atoms with Gasteiger partial charge in [0.25, 0.3) is 0 Å². The molecule has 1 heterocycles. The molecule has 2 aliphatic carbocycles. The van der Waals surface area contributed by atoms with Crippen molar-refractivity contribution in [2.75, 3.05) is 13.1 Å². The van der Waals surface area contributed by atoms with Gasteiger partial charge in [0.1, 0.15) is 0 Å². The van der Waals surface area contributed by atoms with Crippen LogP contribution in [0.5, 0.6) is 0 Å². The third kappa shape index (κ3) is 37.3. The monoisotopic (exact) mass is 395 g/mol. The zero-order valence-corrected chi connectivity index (χ0v) is 19.4. The van der Waals surface area contributed by atoms with Crippen LogP contribution in [0.2, 0.25) is 0 Å². The topological polar surface area (TPSA) is 107 Å². The van der Waals surface area contributed by atoms with Crippen LogP contribution in [0.15, 0.2) is 0 Å². The van der Waals surface area contributed by atoms with Gasteiger partial charge in [0, 0.05) is 0 Å². The normalized spacial score (nSPS) is 18.2. The van der Waals surface area contributed by atoms with Crippen LogP contribution in [0.1, 0.15) is 137 Å². The Morgan fingerprint density at radius 3 is 0.519 bits per heavy atom. The van der Waals surface area contributed by atoms with Gasteiger partial charge in [-0.2, -0.15) is 0 Å². The van der Waals surface area contributed by atoms with E-state index in [1.165, 1.54) is 122 Å². The summed E-state index contributed by atoms with van der Waals surface area (Å²) >= 11 is 0. The van der Waals surface area contributed by atoms with E-state index in [2.05, 4.69) is 5.32 Å². The standard InChI is InChI=1S/C8H16.C6H12.C5H11N.2C2H6.3H2O/c1-2-4-6-8-7-5-3-1;2*1-2-4-6-5-3-1;2*1-2;;;/h1-8H2;1-6H2;6H,1-5H2;2*1-2H3;3*1H2. The maximum absolute atomic E-state index is 3.28. The molecule has 0 spiro atoms. The first-order valence-electron chi connectivity index (χ1n) is 11.7. The Bertz CT molecular complexity index is 125. The second-order valence-electron chi connectivity index (χ2n) is 6.76. The minimum atomic E-state index is 0. The minimum Gasteiger partial charge on any atom is -0.412 e. The van der Waals surface area contributed by atoms with Gasteiger partial charge in [0.2, 0.25) is 0 Å². The Kier molecular flexibility index (Phi) is 56.4. The minimum absolute atomic E-state index is 0. The third-order valence-electron chi connectivity index (χ3n) is 4.71. The first kappa shape index (κ1) is 37.6. The maximum Gasteiger partial charge on any atom is -0.00489 e. The van der Waals surface area contributed by atoms with E-state index < -0.39 is 0 Å². The van der Waals surface area contributed by atoms with Gasteiger partial charge in [-0.25, -0.2) is 0 Å². The molecule has 0 aromatic rings. The molecule has 1 aliphatic heterocycles. The smallest absolute Gasteiger partial charge is 0.00489 e. The van der Waals surface area contributed by atoms with Gasteiger partial charge in [-0.3, -0.25) is 0 Å². The van der Waals surface area contributed by atoms with Gasteiger partial charge in [-0.05, 0) is 25.9 Å². The van der Waals surface area contributed by atoms with Crippen LogP contribution in [-0.4, -0.2) is 29.5 Å². The molecule has 0 unspecified atom stereocenters. The molecule has 3 fully saturated rings. The highest BCUT2D eigenvalue weighted by Gasteiger charge is 1.96. The Morgan fingerprint density at radius 2 is 0.444 bits per heavy atom. The zero-order chi connectivity index (χ0) is 18.1. The van der Waals surface area contributed by atoms with Crippen molar-refractivity contribution in [1.82, 2.24) is 5.32 Å². The van der Waals surface area contributed by atoms with Crippen LogP contribution in [0.25, 0.3) is 0 Å². The SMILES string of the molecule is C1CCCCC1.C1CCCCCCC1.C1CCNCC1.CC.CC.O.O.O. The summed E-state index contributed by atoms with van der Waals surface area (Å²) in [6, 6.07) is 0. The van der Waals surface area contributed by atoms with E-state index in [0.717, 1.165) is 0 Å². The lowest BCUT2D eigenvalue weighted by atomic mass is 10.0. The predicted molar refractivity (Wildman–Crippen MR) is 125 cm³/mol. The molecule has 0 bridgehead atoms. The van der Waals surface area contributed by atoms with Crippen LogP contribution in [0.3, 0.4) is 0 Å². The lowest BCUT2D eigenvalue weighted by Gasteiger charge is -2.08. The first-order chi connectivity index (χ1) is 12.0. The molecule has 4 heteroatoms. The van der Waals surface area contributed by atoms with E-state index in [1.54, 1.807) is 0 Å². The van der Waals surface area contributed by atoms with Crippen LogP contribution in [0.4, 0.5) is 0 Å². The van der Waals surface area contributed by atoms with Gasteiger partial charge in [0.15, 0.2) is 0 Å². The Balaban J connectivity index is -0.0000000786. The average Bonchev–Trinajstić information content (AvgIpc) is 2.68. The summed E-state index contributed by atoms with van der Waals surface area (Å²) in [6.07, 6.45) is 25.2. The van der Waals surface area contributed by atoms with Gasteiger partial charge in [0.05, 0.1) is 0 Å². The zero-order valence-electron chi connectivity index (χ0n) is 19.4. The van der Waals surface area contributed by atoms with Crippen molar-refractivity contribution in [2.45, 2.75) is 137 Å². The Labute approximate surface area is 172 Å². The van der Waals surface area contributed by atoms with Crippen LogP contribution >= 0.6 is 0 Å². The molecular weight excluding hydrogens is 338 g/mol. The lowest BCUT2D eigenvalue weighted by Crippen LogP contribution is -2.21. The molecule has 0 radical (unpaired) electrons. The predicted octanol–water partition coefficient (Wildman–Crippen LogP) is 5.80. The summed E-state index contributed by atoms with van der Waals surface area (Å²) in [7, 11) is 0. The molecule has 0 amide bonds. The molecule has 0 aromatic carbocycles. The van der Waals surface area contributed by atoms with Crippen molar-refractivity contribution in [3.63, 3.8) is 0 Å². The Morgan fingerprint density at radius 1 is 0.296 bits per heavy atom. The molecule has 7 N–H and O–H groups in total. The summed E-state index contributed by atoms with van der Waals surface area (Å²) in [5.74, 6) is 0. The van der Waals surface area contributed by atoms with Crippen molar-refractivity contribution in [1.29, 1.82) is 0 Å². The number of piperidine rings is 1. The average molecular weight is 396 g/mol. The van der Waals surface area contributed by atoms with E-state index in [4.69, 9.17) is 0 Å². The maximum atomic E-state index is 3.28. The van der Waals surface area contributed by atoms with Crippen molar-refractivity contribution in [3.8, 4) is 0 Å². The van der Waals surface area contributed by atoms with E-state index >= 15 is 0 Å². The molecule has 2 saturated carbocycles. The molecule has 1 saturated heterocycles.